The predicted octanol–water partition coefficient (Wildman–Crippen LogP) is 3.40. The first kappa shape index (κ1) is 14.1. The lowest BCUT2D eigenvalue weighted by molar-refractivity contribution is 0.0913. The molecule has 1 aliphatic rings. The van der Waals surface area contributed by atoms with E-state index in [1.54, 1.807) is 0 Å². The zero-order valence-corrected chi connectivity index (χ0v) is 11.8. The van der Waals surface area contributed by atoms with E-state index in [9.17, 15) is 0 Å². The maximum absolute atomic E-state index is 5.79. The van der Waals surface area contributed by atoms with Crippen molar-refractivity contribution in [2.45, 2.75) is 31.7 Å². The molecule has 2 nitrogen and oxygen atoms in total. The van der Waals surface area contributed by atoms with Gasteiger partial charge in [-0.1, -0.05) is 19.3 Å². The SMILES string of the molecule is Cl[Si](Cl)(Cl)CCCCCC1CO[B]OC1. The van der Waals surface area contributed by atoms with Crippen molar-refractivity contribution in [3.05, 3.63) is 0 Å². The smallest absolute Gasteiger partial charge is 0.413 e. The molecule has 0 atom stereocenters. The Bertz CT molecular complexity index is 174. The van der Waals surface area contributed by atoms with Crippen LogP contribution < -0.4 is 0 Å². The van der Waals surface area contributed by atoms with Gasteiger partial charge in [0.1, 0.15) is 0 Å². The molecule has 1 saturated heterocycles. The van der Waals surface area contributed by atoms with Crippen molar-refractivity contribution in [1.82, 2.24) is 0 Å². The van der Waals surface area contributed by atoms with Gasteiger partial charge in [0.25, 0.3) is 0 Å². The van der Waals surface area contributed by atoms with E-state index < -0.39 is 6.00 Å². The minimum absolute atomic E-state index is 0.528. The molecule has 0 aliphatic carbocycles. The second-order valence-electron chi connectivity index (χ2n) is 3.84. The first-order chi connectivity index (χ1) is 7.08. The average molecular weight is 288 g/mol. The standard InChI is InChI=1S/C8H15BCl3O2Si/c10-15(11,12)5-3-1-2-4-8-6-13-9-14-7-8/h8H,1-7H2. The molecule has 1 aliphatic heterocycles. The molecule has 0 aromatic heterocycles. The van der Waals surface area contributed by atoms with Gasteiger partial charge in [0.05, 0.1) is 0 Å². The summed E-state index contributed by atoms with van der Waals surface area (Å²) < 4.78 is 10.2. The summed E-state index contributed by atoms with van der Waals surface area (Å²) >= 11 is 17.4. The number of halogens is 3. The van der Waals surface area contributed by atoms with Crippen molar-refractivity contribution < 1.29 is 9.31 Å². The van der Waals surface area contributed by atoms with Gasteiger partial charge in [-0.15, -0.1) is 33.2 Å². The van der Waals surface area contributed by atoms with Crippen molar-refractivity contribution in [1.29, 1.82) is 0 Å². The van der Waals surface area contributed by atoms with Crippen LogP contribution >= 0.6 is 33.2 Å². The monoisotopic (exact) mass is 287 g/mol. The second-order valence-corrected chi connectivity index (χ2v) is 13.1. The van der Waals surface area contributed by atoms with Crippen molar-refractivity contribution in [2.75, 3.05) is 13.2 Å². The number of hydrogen-bond acceptors (Lipinski definition) is 2. The van der Waals surface area contributed by atoms with Crippen LogP contribution in [-0.4, -0.2) is 26.9 Å². The van der Waals surface area contributed by atoms with Crippen LogP contribution in [0.25, 0.3) is 0 Å². The van der Waals surface area contributed by atoms with Gasteiger partial charge in [-0.2, -0.15) is 0 Å². The molecule has 0 spiro atoms. The third-order valence-electron chi connectivity index (χ3n) is 2.37. The zero-order chi connectivity index (χ0) is 11.1. The fraction of sp³-hybridized carbons (Fsp3) is 1.00. The molecule has 1 rings (SSSR count). The highest BCUT2D eigenvalue weighted by Gasteiger charge is 2.23. The highest BCUT2D eigenvalue weighted by molar-refractivity contribution is 7.64. The molecule has 15 heavy (non-hydrogen) atoms. The van der Waals surface area contributed by atoms with Gasteiger partial charge in [0, 0.05) is 19.1 Å². The Kier molecular flexibility index (Phi) is 6.98. The zero-order valence-electron chi connectivity index (χ0n) is 8.55. The normalized spacial score (nSPS) is 18.9. The Morgan fingerprint density at radius 2 is 1.73 bits per heavy atom. The van der Waals surface area contributed by atoms with Crippen LogP contribution in [0.4, 0.5) is 0 Å². The lowest BCUT2D eigenvalue weighted by atomic mass is 10.0. The topological polar surface area (TPSA) is 18.5 Å². The fourth-order valence-corrected chi connectivity index (χ4v) is 3.40. The first-order valence-electron chi connectivity index (χ1n) is 5.19. The Morgan fingerprint density at radius 1 is 1.07 bits per heavy atom. The van der Waals surface area contributed by atoms with Gasteiger partial charge in [0.15, 0.2) is 0 Å². The van der Waals surface area contributed by atoms with E-state index in [0.29, 0.717) is 5.92 Å². The van der Waals surface area contributed by atoms with E-state index in [4.69, 9.17) is 42.5 Å². The molecule has 0 unspecified atom stereocenters. The molecule has 87 valence electrons. The third kappa shape index (κ3) is 7.89. The van der Waals surface area contributed by atoms with Crippen LogP contribution in [0.3, 0.4) is 0 Å². The maximum atomic E-state index is 5.79. The van der Waals surface area contributed by atoms with Crippen LogP contribution in [0.5, 0.6) is 0 Å². The molecule has 7 heteroatoms. The third-order valence-corrected chi connectivity index (χ3v) is 4.99. The van der Waals surface area contributed by atoms with Gasteiger partial charge in [-0.3, -0.25) is 0 Å². The Hall–Kier alpha value is 1.07. The average Bonchev–Trinajstić information content (AvgIpc) is 2.17. The van der Waals surface area contributed by atoms with E-state index in [0.717, 1.165) is 44.9 Å². The number of rotatable bonds is 6. The Morgan fingerprint density at radius 3 is 2.33 bits per heavy atom. The molecule has 0 amide bonds. The van der Waals surface area contributed by atoms with Gasteiger partial charge in [0.2, 0.25) is 0 Å². The van der Waals surface area contributed by atoms with Gasteiger partial charge < -0.3 is 9.31 Å². The first-order valence-corrected chi connectivity index (χ1v) is 10.4. The molecule has 0 saturated carbocycles. The Labute approximate surface area is 107 Å². The number of unbranched alkanes of at least 4 members (excludes halogenated alkanes) is 2. The van der Waals surface area contributed by atoms with E-state index in [1.807, 2.05) is 0 Å². The minimum Gasteiger partial charge on any atom is -0.413 e. The fourth-order valence-electron chi connectivity index (χ4n) is 1.55. The molecule has 0 aromatic rings. The van der Waals surface area contributed by atoms with Crippen molar-refractivity contribution >= 4 is 46.9 Å². The molecule has 0 bridgehead atoms. The van der Waals surface area contributed by atoms with E-state index >= 15 is 0 Å². The van der Waals surface area contributed by atoms with Crippen LogP contribution in [-0.2, 0) is 9.31 Å². The lowest BCUT2D eigenvalue weighted by Gasteiger charge is -2.21. The molecule has 1 radical (unpaired) electrons. The second kappa shape index (κ2) is 7.41. The predicted molar refractivity (Wildman–Crippen MR) is 67.7 cm³/mol. The van der Waals surface area contributed by atoms with Gasteiger partial charge in [-0.25, -0.2) is 0 Å². The van der Waals surface area contributed by atoms with E-state index in [2.05, 4.69) is 0 Å². The molecule has 1 heterocycles. The van der Waals surface area contributed by atoms with Crippen molar-refractivity contribution in [3.8, 4) is 0 Å². The van der Waals surface area contributed by atoms with Crippen molar-refractivity contribution in [2.24, 2.45) is 5.92 Å². The minimum atomic E-state index is -2.38. The summed E-state index contributed by atoms with van der Waals surface area (Å²) in [6.45, 7) is 1.55. The summed E-state index contributed by atoms with van der Waals surface area (Å²) in [5, 5.41) is 0. The summed E-state index contributed by atoms with van der Waals surface area (Å²) in [7, 11) is 1.42. The molecule has 1 fully saturated rings. The summed E-state index contributed by atoms with van der Waals surface area (Å²) in [4.78, 5) is 0. The van der Waals surface area contributed by atoms with Crippen molar-refractivity contribution in [3.63, 3.8) is 0 Å². The van der Waals surface area contributed by atoms with Gasteiger partial charge >= 0.3 is 13.7 Å². The summed E-state index contributed by atoms with van der Waals surface area (Å²) in [5.41, 5.74) is 0. The largest absolute Gasteiger partial charge is 0.488 e. The molecule has 0 N–H and O–H groups in total. The summed E-state index contributed by atoms with van der Waals surface area (Å²) in [5.74, 6) is 0.528. The van der Waals surface area contributed by atoms with Crippen LogP contribution in [0, 0.1) is 5.92 Å². The van der Waals surface area contributed by atoms with E-state index in [1.165, 1.54) is 7.69 Å². The molecular formula is C8H15BCl3O2Si. The summed E-state index contributed by atoms with van der Waals surface area (Å²) in [6, 6.07) is -1.62. The maximum Gasteiger partial charge on any atom is 0.488 e. The molecular weight excluding hydrogens is 273 g/mol. The highest BCUT2D eigenvalue weighted by Crippen LogP contribution is 2.27. The van der Waals surface area contributed by atoms with Crippen LogP contribution in [0.1, 0.15) is 25.7 Å². The van der Waals surface area contributed by atoms with Gasteiger partial charge in [-0.05, 0) is 12.5 Å². The summed E-state index contributed by atoms with van der Waals surface area (Å²) in [6.07, 6.45) is 4.44. The highest BCUT2D eigenvalue weighted by atomic mass is 35.8. The van der Waals surface area contributed by atoms with E-state index in [-0.39, 0.29) is 0 Å². The lowest BCUT2D eigenvalue weighted by Crippen LogP contribution is -2.26. The number of hydrogen-bond donors (Lipinski definition) is 0. The quantitative estimate of drug-likeness (QED) is 0.424. The van der Waals surface area contributed by atoms with Crippen LogP contribution in [0.15, 0.2) is 0 Å². The molecule has 0 aromatic carbocycles. The van der Waals surface area contributed by atoms with Crippen LogP contribution in [0.2, 0.25) is 6.04 Å². The Balaban J connectivity index is 1.92.